The first-order valence-corrected chi connectivity index (χ1v) is 7.63. The minimum absolute atomic E-state index is 0.0154. The number of anilines is 1. The summed E-state index contributed by atoms with van der Waals surface area (Å²) in [6.07, 6.45) is -0.0154. The lowest BCUT2D eigenvalue weighted by atomic mass is 9.91. The number of para-hydroxylation sites is 2. The zero-order valence-corrected chi connectivity index (χ0v) is 14.4. The molecule has 0 spiro atoms. The topological polar surface area (TPSA) is 76.7 Å². The number of amides is 2. The largest absolute Gasteiger partial charge is 0.489 e. The zero-order chi connectivity index (χ0) is 17.5. The van der Waals surface area contributed by atoms with Crippen LogP contribution in [0.5, 0.6) is 5.75 Å². The molecule has 1 aromatic rings. The van der Waals surface area contributed by atoms with Crippen molar-refractivity contribution in [2.75, 3.05) is 25.6 Å². The second-order valence-electron chi connectivity index (χ2n) is 5.99. The fourth-order valence-electron chi connectivity index (χ4n) is 1.80. The molecule has 0 atom stereocenters. The van der Waals surface area contributed by atoms with Gasteiger partial charge in [0, 0.05) is 13.7 Å². The molecule has 0 heterocycles. The lowest BCUT2D eigenvalue weighted by Crippen LogP contribution is -2.46. The summed E-state index contributed by atoms with van der Waals surface area (Å²) in [5.41, 5.74) is -0.664. The van der Waals surface area contributed by atoms with E-state index in [1.165, 1.54) is 0 Å². The number of ether oxygens (including phenoxy) is 2. The standard InChI is InChI=1S/C17H26N2O4/c1-12(2)23-14-9-7-6-8-13(14)19-16(21)17(3,4)15(20)18-10-11-22-5/h6-9,12H,10-11H2,1-5H3,(H,18,20)(H,19,21). The Kier molecular flexibility index (Phi) is 7.03. The summed E-state index contributed by atoms with van der Waals surface area (Å²) in [5.74, 6) is -0.173. The number of methoxy groups -OCH3 is 1. The Hall–Kier alpha value is -2.08. The van der Waals surface area contributed by atoms with Gasteiger partial charge in [-0.25, -0.2) is 0 Å². The molecule has 2 amide bonds. The van der Waals surface area contributed by atoms with Crippen LogP contribution in [-0.2, 0) is 14.3 Å². The van der Waals surface area contributed by atoms with Crippen LogP contribution in [0, 0.1) is 5.41 Å². The van der Waals surface area contributed by atoms with Gasteiger partial charge in [0.25, 0.3) is 0 Å². The molecule has 6 heteroatoms. The number of carbonyl (C=O) groups is 2. The first kappa shape index (κ1) is 19.0. The third-order valence-electron chi connectivity index (χ3n) is 3.22. The van der Waals surface area contributed by atoms with Gasteiger partial charge in [-0.3, -0.25) is 9.59 Å². The Morgan fingerprint density at radius 1 is 1.17 bits per heavy atom. The summed E-state index contributed by atoms with van der Waals surface area (Å²) in [6.45, 7) is 7.73. The maximum atomic E-state index is 12.5. The minimum atomic E-state index is -1.21. The molecule has 0 saturated carbocycles. The maximum Gasteiger partial charge on any atom is 0.239 e. The summed E-state index contributed by atoms with van der Waals surface area (Å²) in [5, 5.41) is 5.45. The van der Waals surface area contributed by atoms with Gasteiger partial charge in [-0.15, -0.1) is 0 Å². The van der Waals surface area contributed by atoms with E-state index < -0.39 is 11.3 Å². The van der Waals surface area contributed by atoms with Gasteiger partial charge in [-0.05, 0) is 39.8 Å². The quantitative estimate of drug-likeness (QED) is 0.568. The Balaban J connectivity index is 2.80. The lowest BCUT2D eigenvalue weighted by molar-refractivity contribution is -0.138. The van der Waals surface area contributed by atoms with Crippen LogP contribution in [0.15, 0.2) is 24.3 Å². The Bertz CT molecular complexity index is 541. The van der Waals surface area contributed by atoms with Crippen LogP contribution in [0.1, 0.15) is 27.7 Å². The van der Waals surface area contributed by atoms with Gasteiger partial charge in [0.05, 0.1) is 18.4 Å². The average molecular weight is 322 g/mol. The first-order chi connectivity index (χ1) is 10.8. The van der Waals surface area contributed by atoms with Crippen LogP contribution in [0.2, 0.25) is 0 Å². The molecular formula is C17H26N2O4. The number of rotatable bonds is 8. The summed E-state index contributed by atoms with van der Waals surface area (Å²) >= 11 is 0. The first-order valence-electron chi connectivity index (χ1n) is 7.63. The molecule has 0 aromatic heterocycles. The van der Waals surface area contributed by atoms with Crippen molar-refractivity contribution in [1.29, 1.82) is 0 Å². The molecule has 0 aliphatic rings. The van der Waals surface area contributed by atoms with Crippen LogP contribution >= 0.6 is 0 Å². The number of nitrogens with one attached hydrogen (secondary N) is 2. The van der Waals surface area contributed by atoms with E-state index in [0.717, 1.165) is 0 Å². The fourth-order valence-corrected chi connectivity index (χ4v) is 1.80. The lowest BCUT2D eigenvalue weighted by Gasteiger charge is -2.23. The van der Waals surface area contributed by atoms with Gasteiger partial charge in [-0.2, -0.15) is 0 Å². The molecule has 6 nitrogen and oxygen atoms in total. The molecule has 1 aromatic carbocycles. The van der Waals surface area contributed by atoms with E-state index in [0.29, 0.717) is 24.6 Å². The highest BCUT2D eigenvalue weighted by molar-refractivity contribution is 6.10. The van der Waals surface area contributed by atoms with Crippen LogP contribution in [0.3, 0.4) is 0 Å². The van der Waals surface area contributed by atoms with Gasteiger partial charge >= 0.3 is 0 Å². The van der Waals surface area contributed by atoms with Crippen molar-refractivity contribution < 1.29 is 19.1 Å². The third kappa shape index (κ3) is 5.56. The monoisotopic (exact) mass is 322 g/mol. The summed E-state index contributed by atoms with van der Waals surface area (Å²) in [4.78, 5) is 24.7. The van der Waals surface area contributed by atoms with Gasteiger partial charge in [-0.1, -0.05) is 12.1 Å². The van der Waals surface area contributed by atoms with Gasteiger partial charge < -0.3 is 20.1 Å². The van der Waals surface area contributed by atoms with E-state index in [9.17, 15) is 9.59 Å². The molecule has 1 rings (SSSR count). The van der Waals surface area contributed by atoms with Crippen molar-refractivity contribution in [3.05, 3.63) is 24.3 Å². The van der Waals surface area contributed by atoms with E-state index in [4.69, 9.17) is 9.47 Å². The van der Waals surface area contributed by atoms with Crippen molar-refractivity contribution in [2.45, 2.75) is 33.8 Å². The highest BCUT2D eigenvalue weighted by Crippen LogP contribution is 2.27. The molecule has 0 bridgehead atoms. The second kappa shape index (κ2) is 8.53. The molecule has 0 saturated heterocycles. The Morgan fingerprint density at radius 2 is 1.83 bits per heavy atom. The second-order valence-corrected chi connectivity index (χ2v) is 5.99. The van der Waals surface area contributed by atoms with Crippen molar-refractivity contribution in [1.82, 2.24) is 5.32 Å². The predicted octanol–water partition coefficient (Wildman–Crippen LogP) is 2.20. The molecular weight excluding hydrogens is 296 g/mol. The van der Waals surface area contributed by atoms with E-state index >= 15 is 0 Å². The minimum Gasteiger partial charge on any atom is -0.489 e. The molecule has 128 valence electrons. The van der Waals surface area contributed by atoms with Gasteiger partial charge in [0.1, 0.15) is 11.2 Å². The van der Waals surface area contributed by atoms with Crippen molar-refractivity contribution in [3.8, 4) is 5.75 Å². The fraction of sp³-hybridized carbons (Fsp3) is 0.529. The smallest absolute Gasteiger partial charge is 0.239 e. The molecule has 0 fully saturated rings. The van der Waals surface area contributed by atoms with Crippen LogP contribution < -0.4 is 15.4 Å². The molecule has 0 aliphatic carbocycles. The maximum absolute atomic E-state index is 12.5. The molecule has 23 heavy (non-hydrogen) atoms. The highest BCUT2D eigenvalue weighted by atomic mass is 16.5. The molecule has 0 aliphatic heterocycles. The van der Waals surface area contributed by atoms with Crippen molar-refractivity contribution in [3.63, 3.8) is 0 Å². The normalized spacial score (nSPS) is 11.2. The van der Waals surface area contributed by atoms with Crippen LogP contribution in [-0.4, -0.2) is 38.2 Å². The predicted molar refractivity (Wildman–Crippen MR) is 89.5 cm³/mol. The van der Waals surface area contributed by atoms with Crippen molar-refractivity contribution >= 4 is 17.5 Å². The number of benzene rings is 1. The average Bonchev–Trinajstić information content (AvgIpc) is 2.48. The number of hydrogen-bond acceptors (Lipinski definition) is 4. The highest BCUT2D eigenvalue weighted by Gasteiger charge is 2.36. The Labute approximate surface area is 137 Å². The van der Waals surface area contributed by atoms with Crippen molar-refractivity contribution in [2.24, 2.45) is 5.41 Å². The van der Waals surface area contributed by atoms with Gasteiger partial charge in [0.2, 0.25) is 11.8 Å². The van der Waals surface area contributed by atoms with E-state index in [1.807, 2.05) is 19.9 Å². The number of carbonyl (C=O) groups excluding carboxylic acids is 2. The molecule has 2 N–H and O–H groups in total. The molecule has 0 radical (unpaired) electrons. The van der Waals surface area contributed by atoms with Crippen LogP contribution in [0.4, 0.5) is 5.69 Å². The number of hydrogen-bond donors (Lipinski definition) is 2. The van der Waals surface area contributed by atoms with Crippen LogP contribution in [0.25, 0.3) is 0 Å². The van der Waals surface area contributed by atoms with E-state index in [-0.39, 0.29) is 12.0 Å². The van der Waals surface area contributed by atoms with E-state index in [1.54, 1.807) is 39.2 Å². The SMILES string of the molecule is COCCNC(=O)C(C)(C)C(=O)Nc1ccccc1OC(C)C. The van der Waals surface area contributed by atoms with E-state index in [2.05, 4.69) is 10.6 Å². The van der Waals surface area contributed by atoms with Gasteiger partial charge in [0.15, 0.2) is 0 Å². The third-order valence-corrected chi connectivity index (χ3v) is 3.22. The summed E-state index contributed by atoms with van der Waals surface area (Å²) in [6, 6.07) is 7.15. The molecule has 0 unspecified atom stereocenters. The summed E-state index contributed by atoms with van der Waals surface area (Å²) < 4.78 is 10.5. The zero-order valence-electron chi connectivity index (χ0n) is 14.4. The summed E-state index contributed by atoms with van der Waals surface area (Å²) in [7, 11) is 1.55. The Morgan fingerprint density at radius 3 is 2.43 bits per heavy atom.